The summed E-state index contributed by atoms with van der Waals surface area (Å²) in [7, 11) is 3.09. The van der Waals surface area contributed by atoms with Crippen molar-refractivity contribution in [3.63, 3.8) is 0 Å². The summed E-state index contributed by atoms with van der Waals surface area (Å²) in [6.45, 7) is 1.23. The van der Waals surface area contributed by atoms with Gasteiger partial charge in [-0.25, -0.2) is 5.48 Å². The molecule has 26 heavy (non-hydrogen) atoms. The van der Waals surface area contributed by atoms with Crippen LogP contribution in [0.3, 0.4) is 0 Å². The second-order valence-electron chi connectivity index (χ2n) is 5.23. The predicted molar refractivity (Wildman–Crippen MR) is 95.0 cm³/mol. The van der Waals surface area contributed by atoms with Crippen molar-refractivity contribution in [2.75, 3.05) is 34.2 Å². The summed E-state index contributed by atoms with van der Waals surface area (Å²) in [5.41, 5.74) is 3.66. The minimum atomic E-state index is -0.427. The molecule has 0 saturated heterocycles. The molecule has 2 aromatic carbocycles. The standard InChI is InChI=1S/C19H23NO6/c1-22-10-11-24-14-25-16-8-9-18(23-2)17(12-16)19(21)20-26-13-15-6-4-3-5-7-15/h3-9,12H,10-11,13-14H2,1-2H3,(H,20,21). The third kappa shape index (κ3) is 6.36. The Bertz CT molecular complexity index is 677. The zero-order valence-electron chi connectivity index (χ0n) is 14.9. The van der Waals surface area contributed by atoms with E-state index in [1.807, 2.05) is 30.3 Å². The zero-order chi connectivity index (χ0) is 18.6. The summed E-state index contributed by atoms with van der Waals surface area (Å²) in [5, 5.41) is 0. The maximum atomic E-state index is 12.4. The topological polar surface area (TPSA) is 75.2 Å². The molecular formula is C19H23NO6. The van der Waals surface area contributed by atoms with Gasteiger partial charge in [0.15, 0.2) is 6.79 Å². The highest BCUT2D eigenvalue weighted by atomic mass is 16.7. The zero-order valence-corrected chi connectivity index (χ0v) is 14.9. The van der Waals surface area contributed by atoms with Crippen molar-refractivity contribution in [1.82, 2.24) is 5.48 Å². The van der Waals surface area contributed by atoms with Gasteiger partial charge in [0.25, 0.3) is 5.91 Å². The van der Waals surface area contributed by atoms with Crippen molar-refractivity contribution in [2.24, 2.45) is 0 Å². The first kappa shape index (κ1) is 19.7. The molecule has 0 radical (unpaired) electrons. The molecule has 2 rings (SSSR count). The van der Waals surface area contributed by atoms with Crippen molar-refractivity contribution in [1.29, 1.82) is 0 Å². The molecule has 0 aliphatic rings. The summed E-state index contributed by atoms with van der Waals surface area (Å²) in [6, 6.07) is 14.4. The lowest BCUT2D eigenvalue weighted by Crippen LogP contribution is -2.24. The average molecular weight is 361 g/mol. The first-order valence-electron chi connectivity index (χ1n) is 8.08. The van der Waals surface area contributed by atoms with E-state index in [9.17, 15) is 4.79 Å². The van der Waals surface area contributed by atoms with E-state index >= 15 is 0 Å². The SMILES string of the molecule is COCCOCOc1ccc(OC)c(C(=O)NOCc2ccccc2)c1. The molecule has 0 fully saturated rings. The molecule has 0 bridgehead atoms. The Kier molecular flexibility index (Phi) is 8.41. The molecule has 7 heteroatoms. The number of carbonyl (C=O) groups is 1. The molecule has 0 spiro atoms. The first-order chi connectivity index (χ1) is 12.7. The molecular weight excluding hydrogens is 338 g/mol. The Labute approximate surface area is 152 Å². The molecule has 2 aromatic rings. The van der Waals surface area contributed by atoms with Crippen LogP contribution in [0.2, 0.25) is 0 Å². The van der Waals surface area contributed by atoms with E-state index < -0.39 is 5.91 Å². The van der Waals surface area contributed by atoms with Crippen LogP contribution in [0.4, 0.5) is 0 Å². The maximum absolute atomic E-state index is 12.4. The van der Waals surface area contributed by atoms with Crippen LogP contribution in [0, 0.1) is 0 Å². The highest BCUT2D eigenvalue weighted by Gasteiger charge is 2.14. The van der Waals surface area contributed by atoms with Crippen LogP contribution >= 0.6 is 0 Å². The minimum Gasteiger partial charge on any atom is -0.496 e. The predicted octanol–water partition coefficient (Wildman–Crippen LogP) is 2.56. The molecule has 140 valence electrons. The molecule has 1 N–H and O–H groups in total. The van der Waals surface area contributed by atoms with Gasteiger partial charge in [-0.2, -0.15) is 0 Å². The van der Waals surface area contributed by atoms with Crippen molar-refractivity contribution >= 4 is 5.91 Å². The number of rotatable bonds is 11. The summed E-state index contributed by atoms with van der Waals surface area (Å²) >= 11 is 0. The molecule has 0 aliphatic carbocycles. The highest BCUT2D eigenvalue weighted by Crippen LogP contribution is 2.24. The molecule has 0 atom stereocenters. The van der Waals surface area contributed by atoms with E-state index in [2.05, 4.69) is 5.48 Å². The second-order valence-corrected chi connectivity index (χ2v) is 5.23. The monoisotopic (exact) mass is 361 g/mol. The third-order valence-corrected chi connectivity index (χ3v) is 3.40. The van der Waals surface area contributed by atoms with E-state index in [4.69, 9.17) is 23.8 Å². The van der Waals surface area contributed by atoms with Gasteiger partial charge >= 0.3 is 0 Å². The molecule has 0 unspecified atom stereocenters. The summed E-state index contributed by atoms with van der Waals surface area (Å²) in [4.78, 5) is 17.6. The number of hydroxylamine groups is 1. The Balaban J connectivity index is 1.90. The first-order valence-corrected chi connectivity index (χ1v) is 8.08. The van der Waals surface area contributed by atoms with Crippen molar-refractivity contribution in [2.45, 2.75) is 6.61 Å². The van der Waals surface area contributed by atoms with Crippen molar-refractivity contribution in [3.05, 3.63) is 59.7 Å². The van der Waals surface area contributed by atoms with Gasteiger partial charge in [-0.05, 0) is 23.8 Å². The number of hydrogen-bond donors (Lipinski definition) is 1. The van der Waals surface area contributed by atoms with Gasteiger partial charge in [0.2, 0.25) is 0 Å². The second kappa shape index (κ2) is 11.1. The molecule has 1 amide bonds. The Morgan fingerprint density at radius 1 is 1.04 bits per heavy atom. The lowest BCUT2D eigenvalue weighted by atomic mass is 10.2. The number of hydrogen-bond acceptors (Lipinski definition) is 6. The van der Waals surface area contributed by atoms with Crippen LogP contribution in [-0.4, -0.2) is 40.1 Å². The van der Waals surface area contributed by atoms with Crippen LogP contribution in [0.5, 0.6) is 11.5 Å². The van der Waals surface area contributed by atoms with E-state index in [1.165, 1.54) is 7.11 Å². The van der Waals surface area contributed by atoms with Gasteiger partial charge in [-0.3, -0.25) is 9.63 Å². The highest BCUT2D eigenvalue weighted by molar-refractivity contribution is 5.96. The van der Waals surface area contributed by atoms with E-state index in [-0.39, 0.29) is 13.4 Å². The average Bonchev–Trinajstić information content (AvgIpc) is 2.68. The summed E-state index contributed by atoms with van der Waals surface area (Å²) in [6.07, 6.45) is 0. The van der Waals surface area contributed by atoms with Gasteiger partial charge in [-0.15, -0.1) is 0 Å². The molecule has 0 aliphatic heterocycles. The summed E-state index contributed by atoms with van der Waals surface area (Å²) < 4.78 is 20.8. The number of nitrogens with one attached hydrogen (secondary N) is 1. The quantitative estimate of drug-likeness (QED) is 0.377. The smallest absolute Gasteiger partial charge is 0.278 e. The van der Waals surface area contributed by atoms with Crippen molar-refractivity contribution < 1.29 is 28.6 Å². The normalized spacial score (nSPS) is 10.4. The van der Waals surface area contributed by atoms with Gasteiger partial charge < -0.3 is 18.9 Å². The third-order valence-electron chi connectivity index (χ3n) is 3.40. The van der Waals surface area contributed by atoms with E-state index in [1.54, 1.807) is 25.3 Å². The van der Waals surface area contributed by atoms with Crippen LogP contribution < -0.4 is 15.0 Å². The van der Waals surface area contributed by atoms with Crippen LogP contribution in [0.25, 0.3) is 0 Å². The largest absolute Gasteiger partial charge is 0.496 e. The lowest BCUT2D eigenvalue weighted by Gasteiger charge is -2.12. The minimum absolute atomic E-state index is 0.0568. The number of benzene rings is 2. The fraction of sp³-hybridized carbons (Fsp3) is 0.316. The Morgan fingerprint density at radius 3 is 2.58 bits per heavy atom. The Hall–Kier alpha value is -2.61. The summed E-state index contributed by atoms with van der Waals surface area (Å²) in [5.74, 6) is 0.471. The van der Waals surface area contributed by atoms with Crippen LogP contribution in [0.1, 0.15) is 15.9 Å². The lowest BCUT2D eigenvalue weighted by molar-refractivity contribution is -0.00858. The van der Waals surface area contributed by atoms with Crippen LogP contribution in [-0.2, 0) is 20.9 Å². The van der Waals surface area contributed by atoms with Gasteiger partial charge in [0, 0.05) is 7.11 Å². The van der Waals surface area contributed by atoms with E-state index in [0.717, 1.165) is 5.56 Å². The fourth-order valence-corrected chi connectivity index (χ4v) is 2.08. The maximum Gasteiger partial charge on any atom is 0.278 e. The number of amides is 1. The van der Waals surface area contributed by atoms with E-state index in [0.29, 0.717) is 30.3 Å². The van der Waals surface area contributed by atoms with Gasteiger partial charge in [-0.1, -0.05) is 30.3 Å². The number of ether oxygens (including phenoxy) is 4. The van der Waals surface area contributed by atoms with Crippen LogP contribution in [0.15, 0.2) is 48.5 Å². The fourth-order valence-electron chi connectivity index (χ4n) is 2.08. The molecule has 0 heterocycles. The molecule has 0 saturated carbocycles. The molecule has 0 aromatic heterocycles. The Morgan fingerprint density at radius 2 is 1.85 bits per heavy atom. The number of methoxy groups -OCH3 is 2. The van der Waals surface area contributed by atoms with Gasteiger partial charge in [0.05, 0.1) is 32.5 Å². The van der Waals surface area contributed by atoms with Crippen molar-refractivity contribution in [3.8, 4) is 11.5 Å². The molecule has 7 nitrogen and oxygen atoms in total. The van der Waals surface area contributed by atoms with Gasteiger partial charge in [0.1, 0.15) is 11.5 Å². The number of carbonyl (C=O) groups excluding carboxylic acids is 1.